The Morgan fingerprint density at radius 2 is 2.08 bits per heavy atom. The van der Waals surface area contributed by atoms with E-state index in [-0.39, 0.29) is 18.2 Å². The smallest absolute Gasteiger partial charge is 0.237 e. The lowest BCUT2D eigenvalue weighted by Gasteiger charge is -2.19. The molecule has 0 aromatic heterocycles. The second kappa shape index (κ2) is 6.77. The van der Waals surface area contributed by atoms with Crippen molar-refractivity contribution in [3.63, 3.8) is 0 Å². The molecule has 0 radical (unpaired) electrons. The zero-order chi connectivity index (χ0) is 10.3. The molecule has 4 nitrogen and oxygen atoms in total. The number of primary amides is 1. The zero-order valence-electron chi connectivity index (χ0n) is 7.82. The largest absolute Gasteiger partial charge is 0.368 e. The molecule has 0 rings (SSSR count). The first-order valence-electron chi connectivity index (χ1n) is 4.28. The van der Waals surface area contributed by atoms with Gasteiger partial charge in [-0.2, -0.15) is 12.6 Å². The summed E-state index contributed by atoms with van der Waals surface area (Å²) >= 11 is 3.86. The van der Waals surface area contributed by atoms with Crippen molar-refractivity contribution >= 4 is 24.4 Å². The molecule has 0 aromatic carbocycles. The van der Waals surface area contributed by atoms with E-state index in [1.807, 2.05) is 6.92 Å². The van der Waals surface area contributed by atoms with E-state index in [1.54, 1.807) is 0 Å². The second-order valence-electron chi connectivity index (χ2n) is 2.79. The summed E-state index contributed by atoms with van der Waals surface area (Å²) in [6.45, 7) is 2.60. The standard InChI is InChI=1S/C8H16N2O2S/c1-2-3-4-10(5-7(9)11)8(12)6-13/h13H,2-6H2,1H3,(H2,9,11). The van der Waals surface area contributed by atoms with Gasteiger partial charge in [0.25, 0.3) is 0 Å². The highest BCUT2D eigenvalue weighted by Crippen LogP contribution is 1.96. The van der Waals surface area contributed by atoms with Crippen LogP contribution in [0.15, 0.2) is 0 Å². The van der Waals surface area contributed by atoms with Crippen LogP contribution in [0, 0.1) is 0 Å². The van der Waals surface area contributed by atoms with Crippen LogP contribution in [0.5, 0.6) is 0 Å². The minimum atomic E-state index is -0.480. The molecule has 0 heterocycles. The van der Waals surface area contributed by atoms with Crippen molar-refractivity contribution in [3.05, 3.63) is 0 Å². The number of amides is 2. The maximum Gasteiger partial charge on any atom is 0.237 e. The summed E-state index contributed by atoms with van der Waals surface area (Å²) < 4.78 is 0. The summed E-state index contributed by atoms with van der Waals surface area (Å²) in [5, 5.41) is 0. The van der Waals surface area contributed by atoms with Crippen molar-refractivity contribution in [1.82, 2.24) is 4.90 Å². The van der Waals surface area contributed by atoms with Crippen LogP contribution in [0.4, 0.5) is 0 Å². The van der Waals surface area contributed by atoms with Crippen LogP contribution in [-0.4, -0.2) is 35.6 Å². The molecule has 5 heteroatoms. The number of nitrogens with zero attached hydrogens (tertiary/aromatic N) is 1. The van der Waals surface area contributed by atoms with Crippen LogP contribution in [-0.2, 0) is 9.59 Å². The molecule has 2 N–H and O–H groups in total. The predicted octanol–water partition coefficient (Wildman–Crippen LogP) is 0.0302. The number of thiol groups is 1. The first-order chi connectivity index (χ1) is 6.11. The lowest BCUT2D eigenvalue weighted by atomic mass is 10.3. The Morgan fingerprint density at radius 3 is 2.46 bits per heavy atom. The first-order valence-corrected chi connectivity index (χ1v) is 4.92. The fourth-order valence-electron chi connectivity index (χ4n) is 0.929. The number of hydrogen-bond donors (Lipinski definition) is 2. The molecule has 0 aliphatic rings. The Balaban J connectivity index is 4.02. The fraction of sp³-hybridized carbons (Fsp3) is 0.750. The van der Waals surface area contributed by atoms with Crippen LogP contribution in [0.25, 0.3) is 0 Å². The molecule has 76 valence electrons. The average molecular weight is 204 g/mol. The van der Waals surface area contributed by atoms with Crippen LogP contribution in [0.2, 0.25) is 0 Å². The number of carbonyl (C=O) groups is 2. The normalized spacial score (nSPS) is 9.69. The first kappa shape index (κ1) is 12.3. The van der Waals surface area contributed by atoms with Crippen LogP contribution in [0.1, 0.15) is 19.8 Å². The Morgan fingerprint density at radius 1 is 1.46 bits per heavy atom. The Labute approximate surface area is 83.9 Å². The second-order valence-corrected chi connectivity index (χ2v) is 3.11. The molecule has 13 heavy (non-hydrogen) atoms. The molecule has 0 spiro atoms. The summed E-state index contributed by atoms with van der Waals surface area (Å²) in [6, 6.07) is 0. The van der Waals surface area contributed by atoms with E-state index in [0.29, 0.717) is 6.54 Å². The van der Waals surface area contributed by atoms with Gasteiger partial charge in [-0.25, -0.2) is 0 Å². The minimum absolute atomic E-state index is 0.000602. The molecule has 0 atom stereocenters. The number of rotatable bonds is 6. The Bertz CT molecular complexity index is 185. The van der Waals surface area contributed by atoms with Gasteiger partial charge < -0.3 is 10.6 Å². The van der Waals surface area contributed by atoms with Crippen LogP contribution < -0.4 is 5.73 Å². The van der Waals surface area contributed by atoms with E-state index in [1.165, 1.54) is 4.90 Å². The van der Waals surface area contributed by atoms with Crippen molar-refractivity contribution in [3.8, 4) is 0 Å². The van der Waals surface area contributed by atoms with Gasteiger partial charge in [0.05, 0.1) is 12.3 Å². The number of hydrogen-bond acceptors (Lipinski definition) is 3. The highest BCUT2D eigenvalue weighted by Gasteiger charge is 2.12. The van der Waals surface area contributed by atoms with Crippen molar-refractivity contribution in [2.45, 2.75) is 19.8 Å². The van der Waals surface area contributed by atoms with Gasteiger partial charge in [0.1, 0.15) is 0 Å². The van der Waals surface area contributed by atoms with E-state index < -0.39 is 5.91 Å². The van der Waals surface area contributed by atoms with E-state index in [4.69, 9.17) is 5.73 Å². The van der Waals surface area contributed by atoms with Gasteiger partial charge in [-0.1, -0.05) is 13.3 Å². The highest BCUT2D eigenvalue weighted by atomic mass is 32.1. The van der Waals surface area contributed by atoms with Gasteiger partial charge in [-0.3, -0.25) is 9.59 Å². The maximum absolute atomic E-state index is 11.2. The van der Waals surface area contributed by atoms with Gasteiger partial charge in [-0.15, -0.1) is 0 Å². The number of nitrogens with two attached hydrogens (primary N) is 1. The van der Waals surface area contributed by atoms with Gasteiger partial charge in [0, 0.05) is 6.54 Å². The summed E-state index contributed by atoms with van der Waals surface area (Å²) in [4.78, 5) is 23.2. The van der Waals surface area contributed by atoms with Crippen LogP contribution in [0.3, 0.4) is 0 Å². The lowest BCUT2D eigenvalue weighted by molar-refractivity contribution is -0.133. The third-order valence-electron chi connectivity index (χ3n) is 1.62. The molecule has 0 saturated carbocycles. The number of carbonyl (C=O) groups excluding carboxylic acids is 2. The molecule has 0 aliphatic carbocycles. The quantitative estimate of drug-likeness (QED) is 0.600. The topological polar surface area (TPSA) is 63.4 Å². The average Bonchev–Trinajstić information content (AvgIpc) is 2.10. The third kappa shape index (κ3) is 5.52. The van der Waals surface area contributed by atoms with Crippen molar-refractivity contribution < 1.29 is 9.59 Å². The third-order valence-corrected chi connectivity index (χ3v) is 1.89. The molecule has 0 fully saturated rings. The SMILES string of the molecule is CCCCN(CC(N)=O)C(=O)CS. The Hall–Kier alpha value is -0.710. The molecular weight excluding hydrogens is 188 g/mol. The van der Waals surface area contributed by atoms with Crippen molar-refractivity contribution in [1.29, 1.82) is 0 Å². The van der Waals surface area contributed by atoms with Gasteiger partial charge >= 0.3 is 0 Å². The monoisotopic (exact) mass is 204 g/mol. The summed E-state index contributed by atoms with van der Waals surface area (Å²) in [7, 11) is 0. The van der Waals surface area contributed by atoms with Crippen molar-refractivity contribution in [2.24, 2.45) is 5.73 Å². The van der Waals surface area contributed by atoms with Crippen molar-refractivity contribution in [2.75, 3.05) is 18.8 Å². The van der Waals surface area contributed by atoms with Crippen LogP contribution >= 0.6 is 12.6 Å². The minimum Gasteiger partial charge on any atom is -0.368 e. The van der Waals surface area contributed by atoms with Gasteiger partial charge in [0.2, 0.25) is 11.8 Å². The molecule has 0 bridgehead atoms. The van der Waals surface area contributed by atoms with Gasteiger partial charge in [0.15, 0.2) is 0 Å². The lowest BCUT2D eigenvalue weighted by Crippen LogP contribution is -2.39. The van der Waals surface area contributed by atoms with E-state index in [2.05, 4.69) is 12.6 Å². The van der Waals surface area contributed by atoms with E-state index in [9.17, 15) is 9.59 Å². The molecule has 0 unspecified atom stereocenters. The van der Waals surface area contributed by atoms with E-state index in [0.717, 1.165) is 12.8 Å². The fourth-order valence-corrected chi connectivity index (χ4v) is 1.13. The van der Waals surface area contributed by atoms with Gasteiger partial charge in [-0.05, 0) is 6.42 Å². The molecule has 0 saturated heterocycles. The molecule has 0 aromatic rings. The highest BCUT2D eigenvalue weighted by molar-refractivity contribution is 7.81. The molecule has 2 amide bonds. The van der Waals surface area contributed by atoms with E-state index >= 15 is 0 Å². The molecule has 0 aliphatic heterocycles. The summed E-state index contributed by atoms with van der Waals surface area (Å²) in [5.41, 5.74) is 5.00. The summed E-state index contributed by atoms with van der Waals surface area (Å²) in [6.07, 6.45) is 1.86. The molecular formula is C8H16N2O2S. The Kier molecular flexibility index (Phi) is 6.40. The maximum atomic E-state index is 11.2. The predicted molar refractivity (Wildman–Crippen MR) is 54.5 cm³/mol. The number of unbranched alkanes of at least 4 members (excludes halogenated alkanes) is 1. The zero-order valence-corrected chi connectivity index (χ0v) is 8.72. The summed E-state index contributed by atoms with van der Waals surface area (Å²) in [5.74, 6) is -0.501.